The van der Waals surface area contributed by atoms with Crippen molar-refractivity contribution in [3.63, 3.8) is 0 Å². The molecule has 0 aliphatic rings. The first-order chi connectivity index (χ1) is 8.81. The van der Waals surface area contributed by atoms with Crippen LogP contribution in [0.1, 0.15) is 37.9 Å². The van der Waals surface area contributed by atoms with E-state index in [0.29, 0.717) is 6.54 Å². The van der Waals surface area contributed by atoms with Gasteiger partial charge < -0.3 is 15.8 Å². The second-order valence-corrected chi connectivity index (χ2v) is 5.53. The third-order valence-corrected chi connectivity index (χ3v) is 3.32. The third kappa shape index (κ3) is 4.39. The van der Waals surface area contributed by atoms with Gasteiger partial charge in [0.25, 0.3) is 0 Å². The Morgan fingerprint density at radius 2 is 2.05 bits per heavy atom. The standard InChI is InChI=1S/C15H24N2O2.ClH/c1-10-6-7-13(19-5)12(8-10)11(2)17-14(18)15(3,4)9-16;/h6-8,11H,9,16H2,1-5H3,(H,17,18);1H. The first kappa shape index (κ1) is 18.7. The monoisotopic (exact) mass is 300 g/mol. The molecule has 0 spiro atoms. The smallest absolute Gasteiger partial charge is 0.227 e. The van der Waals surface area contributed by atoms with Crippen LogP contribution < -0.4 is 15.8 Å². The molecule has 0 radical (unpaired) electrons. The molecule has 20 heavy (non-hydrogen) atoms. The van der Waals surface area contributed by atoms with E-state index >= 15 is 0 Å². The zero-order chi connectivity index (χ0) is 14.6. The van der Waals surface area contributed by atoms with Crippen LogP contribution in [-0.4, -0.2) is 19.6 Å². The van der Waals surface area contributed by atoms with Crippen molar-refractivity contribution in [3.05, 3.63) is 29.3 Å². The van der Waals surface area contributed by atoms with Crippen LogP contribution >= 0.6 is 12.4 Å². The number of ether oxygens (including phenoxy) is 1. The summed E-state index contributed by atoms with van der Waals surface area (Å²) in [6.45, 7) is 7.95. The molecule has 0 aliphatic carbocycles. The summed E-state index contributed by atoms with van der Waals surface area (Å²) in [7, 11) is 1.63. The summed E-state index contributed by atoms with van der Waals surface area (Å²) in [5.41, 5.74) is 7.16. The lowest BCUT2D eigenvalue weighted by atomic mass is 9.92. The quantitative estimate of drug-likeness (QED) is 0.878. The number of rotatable bonds is 5. The maximum atomic E-state index is 12.1. The lowest BCUT2D eigenvalue weighted by molar-refractivity contribution is -0.129. The predicted octanol–water partition coefficient (Wildman–Crippen LogP) is 2.59. The maximum absolute atomic E-state index is 12.1. The number of halogens is 1. The highest BCUT2D eigenvalue weighted by molar-refractivity contribution is 5.85. The lowest BCUT2D eigenvalue weighted by Gasteiger charge is -2.25. The van der Waals surface area contributed by atoms with Crippen molar-refractivity contribution in [2.75, 3.05) is 13.7 Å². The maximum Gasteiger partial charge on any atom is 0.227 e. The Hall–Kier alpha value is -1.26. The largest absolute Gasteiger partial charge is 0.496 e. The van der Waals surface area contributed by atoms with E-state index in [4.69, 9.17) is 10.5 Å². The Balaban J connectivity index is 0.00000361. The summed E-state index contributed by atoms with van der Waals surface area (Å²) in [6, 6.07) is 5.81. The van der Waals surface area contributed by atoms with Crippen molar-refractivity contribution < 1.29 is 9.53 Å². The topological polar surface area (TPSA) is 64.3 Å². The van der Waals surface area contributed by atoms with Gasteiger partial charge in [-0.05, 0) is 33.8 Å². The van der Waals surface area contributed by atoms with Gasteiger partial charge in [0.15, 0.2) is 0 Å². The van der Waals surface area contributed by atoms with E-state index in [1.54, 1.807) is 7.11 Å². The summed E-state index contributed by atoms with van der Waals surface area (Å²) in [5, 5.41) is 2.99. The van der Waals surface area contributed by atoms with Gasteiger partial charge >= 0.3 is 0 Å². The van der Waals surface area contributed by atoms with E-state index in [-0.39, 0.29) is 24.4 Å². The Bertz CT molecular complexity index is 461. The zero-order valence-corrected chi connectivity index (χ0v) is 13.6. The Kier molecular flexibility index (Phi) is 7.03. The van der Waals surface area contributed by atoms with Crippen LogP contribution in [0.25, 0.3) is 0 Å². The summed E-state index contributed by atoms with van der Waals surface area (Å²) < 4.78 is 5.34. The van der Waals surface area contributed by atoms with Gasteiger partial charge in [-0.25, -0.2) is 0 Å². The highest BCUT2D eigenvalue weighted by atomic mass is 35.5. The second-order valence-electron chi connectivity index (χ2n) is 5.53. The molecule has 5 heteroatoms. The average molecular weight is 301 g/mol. The molecule has 0 fully saturated rings. The molecule has 0 aromatic heterocycles. The molecule has 0 saturated carbocycles. The van der Waals surface area contributed by atoms with Crippen LogP contribution in [0.2, 0.25) is 0 Å². The van der Waals surface area contributed by atoms with Gasteiger partial charge in [-0.1, -0.05) is 17.7 Å². The number of hydrogen-bond donors (Lipinski definition) is 2. The van der Waals surface area contributed by atoms with Crippen LogP contribution in [0.15, 0.2) is 18.2 Å². The summed E-state index contributed by atoms with van der Waals surface area (Å²) in [5.74, 6) is 0.731. The number of carbonyl (C=O) groups is 1. The minimum Gasteiger partial charge on any atom is -0.496 e. The predicted molar refractivity (Wildman–Crippen MR) is 84.4 cm³/mol. The van der Waals surface area contributed by atoms with Crippen molar-refractivity contribution in [1.82, 2.24) is 5.32 Å². The molecule has 1 aromatic carbocycles. The van der Waals surface area contributed by atoms with Gasteiger partial charge in [-0.3, -0.25) is 4.79 Å². The summed E-state index contributed by atoms with van der Waals surface area (Å²) in [4.78, 5) is 12.1. The van der Waals surface area contributed by atoms with Crippen molar-refractivity contribution in [3.8, 4) is 5.75 Å². The van der Waals surface area contributed by atoms with Gasteiger partial charge in [0, 0.05) is 12.1 Å². The fourth-order valence-corrected chi connectivity index (χ4v) is 1.75. The molecule has 1 amide bonds. The van der Waals surface area contributed by atoms with Gasteiger partial charge in [0.2, 0.25) is 5.91 Å². The zero-order valence-electron chi connectivity index (χ0n) is 12.8. The van der Waals surface area contributed by atoms with Gasteiger partial charge in [-0.2, -0.15) is 0 Å². The number of hydrogen-bond acceptors (Lipinski definition) is 3. The van der Waals surface area contributed by atoms with E-state index in [0.717, 1.165) is 16.9 Å². The summed E-state index contributed by atoms with van der Waals surface area (Å²) in [6.07, 6.45) is 0. The fourth-order valence-electron chi connectivity index (χ4n) is 1.75. The Morgan fingerprint density at radius 1 is 1.45 bits per heavy atom. The van der Waals surface area contributed by atoms with Crippen molar-refractivity contribution in [1.29, 1.82) is 0 Å². The van der Waals surface area contributed by atoms with Gasteiger partial charge in [0.05, 0.1) is 18.6 Å². The minimum atomic E-state index is -0.564. The van der Waals surface area contributed by atoms with E-state index in [1.807, 2.05) is 45.9 Å². The average Bonchev–Trinajstić information content (AvgIpc) is 2.38. The van der Waals surface area contributed by atoms with E-state index < -0.39 is 5.41 Å². The van der Waals surface area contributed by atoms with Crippen LogP contribution in [-0.2, 0) is 4.79 Å². The molecule has 1 rings (SSSR count). The highest BCUT2D eigenvalue weighted by Crippen LogP contribution is 2.27. The SMILES string of the molecule is COc1ccc(C)cc1C(C)NC(=O)C(C)(C)CN.Cl. The van der Waals surface area contributed by atoms with Crippen LogP contribution in [0.3, 0.4) is 0 Å². The van der Waals surface area contributed by atoms with Crippen molar-refractivity contribution >= 4 is 18.3 Å². The summed E-state index contributed by atoms with van der Waals surface area (Å²) >= 11 is 0. The molecule has 0 aliphatic heterocycles. The van der Waals surface area contributed by atoms with Crippen LogP contribution in [0.5, 0.6) is 5.75 Å². The molecule has 1 unspecified atom stereocenters. The molecule has 3 N–H and O–H groups in total. The third-order valence-electron chi connectivity index (χ3n) is 3.32. The first-order valence-corrected chi connectivity index (χ1v) is 6.47. The van der Waals surface area contributed by atoms with Gasteiger partial charge in [0.1, 0.15) is 5.75 Å². The normalized spacial score (nSPS) is 12.3. The molecule has 0 bridgehead atoms. The van der Waals surface area contributed by atoms with Crippen molar-refractivity contribution in [2.45, 2.75) is 33.7 Å². The molecule has 0 heterocycles. The molecule has 114 valence electrons. The minimum absolute atomic E-state index is 0. The Labute approximate surface area is 127 Å². The molecule has 4 nitrogen and oxygen atoms in total. The lowest BCUT2D eigenvalue weighted by Crippen LogP contribution is -2.42. The molecule has 1 aromatic rings. The number of carbonyl (C=O) groups excluding carboxylic acids is 1. The molecule has 1 atom stereocenters. The van der Waals surface area contributed by atoms with Gasteiger partial charge in [-0.15, -0.1) is 12.4 Å². The molecular weight excluding hydrogens is 276 g/mol. The number of amides is 1. The molecule has 0 saturated heterocycles. The number of nitrogens with one attached hydrogen (secondary N) is 1. The molecular formula is C15H25ClN2O2. The van der Waals surface area contributed by atoms with Crippen LogP contribution in [0, 0.1) is 12.3 Å². The van der Waals surface area contributed by atoms with Crippen molar-refractivity contribution in [2.24, 2.45) is 11.1 Å². The second kappa shape index (κ2) is 7.50. The van der Waals surface area contributed by atoms with E-state index in [9.17, 15) is 4.79 Å². The number of benzene rings is 1. The number of aryl methyl sites for hydroxylation is 1. The van der Waals surface area contributed by atoms with Crippen LogP contribution in [0.4, 0.5) is 0 Å². The number of methoxy groups -OCH3 is 1. The Morgan fingerprint density at radius 3 is 2.55 bits per heavy atom. The van der Waals surface area contributed by atoms with E-state index in [2.05, 4.69) is 5.32 Å². The fraction of sp³-hybridized carbons (Fsp3) is 0.533. The van der Waals surface area contributed by atoms with E-state index in [1.165, 1.54) is 0 Å². The number of nitrogens with two attached hydrogens (primary N) is 1. The first-order valence-electron chi connectivity index (χ1n) is 6.47. The highest BCUT2D eigenvalue weighted by Gasteiger charge is 2.27.